The molecule has 0 saturated carbocycles. The van der Waals surface area contributed by atoms with E-state index < -0.39 is 6.04 Å². The molecule has 1 N–H and O–H groups in total. The highest BCUT2D eigenvalue weighted by atomic mass is 35.5. The second-order valence-electron chi connectivity index (χ2n) is 7.88. The summed E-state index contributed by atoms with van der Waals surface area (Å²) < 4.78 is 16.2. The fraction of sp³-hybridized carbons (Fsp3) is 0.308. The summed E-state index contributed by atoms with van der Waals surface area (Å²) >= 11 is 7.65. The second kappa shape index (κ2) is 12.1. The summed E-state index contributed by atoms with van der Waals surface area (Å²) in [4.78, 5) is 30.0. The Morgan fingerprint density at radius 1 is 1.14 bits per heavy atom. The van der Waals surface area contributed by atoms with Gasteiger partial charge in [-0.1, -0.05) is 29.8 Å². The lowest BCUT2D eigenvalue weighted by molar-refractivity contribution is -0.126. The van der Waals surface area contributed by atoms with Gasteiger partial charge in [0.1, 0.15) is 6.04 Å². The molecular formula is C26H27ClN2O5S. The minimum Gasteiger partial charge on any atom is -0.454 e. The number of halogens is 1. The van der Waals surface area contributed by atoms with Gasteiger partial charge in [0.05, 0.1) is 6.54 Å². The maximum Gasteiger partial charge on any atom is 0.255 e. The van der Waals surface area contributed by atoms with Gasteiger partial charge in [0.2, 0.25) is 12.7 Å². The average Bonchev–Trinajstić information content (AvgIpc) is 3.55. The molecule has 1 aromatic heterocycles. The van der Waals surface area contributed by atoms with E-state index in [0.717, 1.165) is 4.88 Å². The van der Waals surface area contributed by atoms with Gasteiger partial charge in [-0.15, -0.1) is 11.3 Å². The summed E-state index contributed by atoms with van der Waals surface area (Å²) in [6.07, 6.45) is 0.675. The third-order valence-electron chi connectivity index (χ3n) is 5.50. The minimum atomic E-state index is -0.862. The van der Waals surface area contributed by atoms with Crippen LogP contribution in [0.3, 0.4) is 0 Å². The summed E-state index contributed by atoms with van der Waals surface area (Å²) in [7, 11) is 0. The molecule has 4 rings (SSSR count). The van der Waals surface area contributed by atoms with E-state index in [1.54, 1.807) is 47.4 Å². The molecule has 1 aliphatic heterocycles. The Balaban J connectivity index is 1.66. The fourth-order valence-electron chi connectivity index (χ4n) is 3.79. The highest BCUT2D eigenvalue weighted by Crippen LogP contribution is 2.34. The number of hydrogen-bond acceptors (Lipinski definition) is 6. The second-order valence-corrected chi connectivity index (χ2v) is 9.34. The predicted molar refractivity (Wildman–Crippen MR) is 135 cm³/mol. The number of carbonyl (C=O) groups excluding carboxylic acids is 2. The number of fused-ring (bicyclic) bond motifs is 1. The van der Waals surface area contributed by atoms with Crippen molar-refractivity contribution in [2.45, 2.75) is 25.9 Å². The number of nitrogens with zero attached hydrogens (tertiary/aromatic N) is 1. The van der Waals surface area contributed by atoms with Gasteiger partial charge in [-0.25, -0.2) is 0 Å². The Morgan fingerprint density at radius 3 is 2.69 bits per heavy atom. The molecule has 3 aromatic rings. The van der Waals surface area contributed by atoms with Crippen LogP contribution >= 0.6 is 22.9 Å². The van der Waals surface area contributed by atoms with Gasteiger partial charge in [0, 0.05) is 35.2 Å². The Morgan fingerprint density at radius 2 is 1.94 bits per heavy atom. The summed E-state index contributed by atoms with van der Waals surface area (Å²) in [5.74, 6) is 0.540. The standard InChI is InChI=1S/C26H27ClN2O5S/c1-2-32-13-4-12-28-25(30)24(18-6-9-20(27)10-7-18)29(16-21-5-3-14-35-21)26(31)19-8-11-22-23(15-19)34-17-33-22/h3,5-11,14-15,24H,2,4,12-13,16-17H2,1H3,(H,28,30)/t24-/m1/s1. The summed E-state index contributed by atoms with van der Waals surface area (Å²) in [5.41, 5.74) is 1.08. The van der Waals surface area contributed by atoms with Crippen molar-refractivity contribution in [3.05, 3.63) is 81.0 Å². The first kappa shape index (κ1) is 25.0. The normalized spacial score (nSPS) is 12.9. The van der Waals surface area contributed by atoms with Crippen molar-refractivity contribution in [3.63, 3.8) is 0 Å². The molecule has 35 heavy (non-hydrogen) atoms. The molecule has 0 aliphatic carbocycles. The molecule has 1 aliphatic rings. The zero-order valence-corrected chi connectivity index (χ0v) is 20.9. The van der Waals surface area contributed by atoms with Crippen LogP contribution in [0, 0.1) is 0 Å². The van der Waals surface area contributed by atoms with E-state index in [4.69, 9.17) is 25.8 Å². The maximum absolute atomic E-state index is 13.9. The lowest BCUT2D eigenvalue weighted by Crippen LogP contribution is -2.43. The molecule has 2 heterocycles. The van der Waals surface area contributed by atoms with Crippen LogP contribution < -0.4 is 14.8 Å². The van der Waals surface area contributed by atoms with Crippen molar-refractivity contribution >= 4 is 34.8 Å². The molecule has 0 fully saturated rings. The largest absolute Gasteiger partial charge is 0.454 e. The number of nitrogens with one attached hydrogen (secondary N) is 1. The molecular weight excluding hydrogens is 488 g/mol. The van der Waals surface area contributed by atoms with E-state index in [9.17, 15) is 9.59 Å². The Kier molecular flexibility index (Phi) is 8.63. The monoisotopic (exact) mass is 514 g/mol. The first-order chi connectivity index (χ1) is 17.1. The summed E-state index contributed by atoms with van der Waals surface area (Å²) in [6, 6.07) is 15.1. The lowest BCUT2D eigenvalue weighted by Gasteiger charge is -2.31. The van der Waals surface area contributed by atoms with Gasteiger partial charge in [0.25, 0.3) is 5.91 Å². The van der Waals surface area contributed by atoms with Crippen LogP contribution in [0.4, 0.5) is 0 Å². The Labute approximate surface area is 213 Å². The highest BCUT2D eigenvalue weighted by Gasteiger charge is 2.33. The van der Waals surface area contributed by atoms with E-state index in [1.165, 1.54) is 11.3 Å². The zero-order chi connectivity index (χ0) is 24.6. The highest BCUT2D eigenvalue weighted by molar-refractivity contribution is 7.09. The number of carbonyl (C=O) groups is 2. The smallest absolute Gasteiger partial charge is 0.255 e. The van der Waals surface area contributed by atoms with Crippen LogP contribution in [0.25, 0.3) is 0 Å². The Bertz CT molecular complexity index is 1140. The lowest BCUT2D eigenvalue weighted by atomic mass is 10.0. The van der Waals surface area contributed by atoms with Crippen LogP contribution in [0.1, 0.15) is 40.2 Å². The molecule has 0 spiro atoms. The number of thiophene rings is 1. The molecule has 1 atom stereocenters. The zero-order valence-electron chi connectivity index (χ0n) is 19.4. The summed E-state index contributed by atoms with van der Waals surface area (Å²) in [5, 5.41) is 5.48. The molecule has 0 unspecified atom stereocenters. The summed E-state index contributed by atoms with van der Waals surface area (Å²) in [6.45, 7) is 3.93. The van der Waals surface area contributed by atoms with Crippen molar-refractivity contribution in [1.82, 2.24) is 10.2 Å². The molecule has 0 bridgehead atoms. The first-order valence-corrected chi connectivity index (χ1v) is 12.7. The van der Waals surface area contributed by atoms with Gasteiger partial charge in [0.15, 0.2) is 11.5 Å². The van der Waals surface area contributed by atoms with Gasteiger partial charge >= 0.3 is 0 Å². The first-order valence-electron chi connectivity index (χ1n) is 11.4. The van der Waals surface area contributed by atoms with E-state index in [2.05, 4.69) is 5.32 Å². The fourth-order valence-corrected chi connectivity index (χ4v) is 4.62. The molecule has 2 amide bonds. The van der Waals surface area contributed by atoms with Crippen LogP contribution in [0.2, 0.25) is 5.02 Å². The molecule has 2 aromatic carbocycles. The average molecular weight is 515 g/mol. The topological polar surface area (TPSA) is 77.1 Å². The molecule has 184 valence electrons. The van der Waals surface area contributed by atoms with Crippen LogP contribution in [0.15, 0.2) is 60.0 Å². The van der Waals surface area contributed by atoms with Gasteiger partial charge < -0.3 is 24.4 Å². The van der Waals surface area contributed by atoms with Crippen molar-refractivity contribution in [2.24, 2.45) is 0 Å². The van der Waals surface area contributed by atoms with Gasteiger partial charge in [-0.2, -0.15) is 0 Å². The van der Waals surface area contributed by atoms with Crippen molar-refractivity contribution in [1.29, 1.82) is 0 Å². The molecule has 7 nitrogen and oxygen atoms in total. The number of hydrogen-bond donors (Lipinski definition) is 1. The van der Waals surface area contributed by atoms with Crippen molar-refractivity contribution in [2.75, 3.05) is 26.6 Å². The van der Waals surface area contributed by atoms with Crippen molar-refractivity contribution < 1.29 is 23.8 Å². The van der Waals surface area contributed by atoms with E-state index >= 15 is 0 Å². The van der Waals surface area contributed by atoms with Gasteiger partial charge in [-0.05, 0) is 60.7 Å². The van der Waals surface area contributed by atoms with Crippen LogP contribution in [-0.2, 0) is 16.1 Å². The quantitative estimate of drug-likeness (QED) is 0.362. The minimum absolute atomic E-state index is 0.115. The van der Waals surface area contributed by atoms with Crippen molar-refractivity contribution in [3.8, 4) is 11.5 Å². The van der Waals surface area contributed by atoms with Gasteiger partial charge in [-0.3, -0.25) is 9.59 Å². The number of ether oxygens (including phenoxy) is 3. The Hall–Kier alpha value is -3.07. The molecule has 9 heteroatoms. The molecule has 0 radical (unpaired) electrons. The SMILES string of the molecule is CCOCCCNC(=O)[C@@H](c1ccc(Cl)cc1)N(Cc1cccs1)C(=O)c1ccc2c(c1)OCO2. The number of benzene rings is 2. The van der Waals surface area contributed by atoms with E-state index in [-0.39, 0.29) is 25.2 Å². The van der Waals surface area contributed by atoms with E-state index in [1.807, 2.05) is 24.4 Å². The van der Waals surface area contributed by atoms with E-state index in [0.29, 0.717) is 53.8 Å². The number of rotatable bonds is 11. The number of amides is 2. The maximum atomic E-state index is 13.9. The third kappa shape index (κ3) is 6.33. The third-order valence-corrected chi connectivity index (χ3v) is 6.61. The predicted octanol–water partition coefficient (Wildman–Crippen LogP) is 5.06. The van der Waals surface area contributed by atoms with Crippen LogP contribution in [0.5, 0.6) is 11.5 Å². The van der Waals surface area contributed by atoms with Crippen LogP contribution in [-0.4, -0.2) is 43.3 Å². The molecule has 0 saturated heterocycles.